The summed E-state index contributed by atoms with van der Waals surface area (Å²) in [5.41, 5.74) is 19.0. The van der Waals surface area contributed by atoms with Crippen molar-refractivity contribution < 1.29 is 0 Å². The van der Waals surface area contributed by atoms with Crippen LogP contribution in [0.15, 0.2) is 97.1 Å². The van der Waals surface area contributed by atoms with Crippen molar-refractivity contribution in [3.63, 3.8) is 0 Å². The third-order valence-corrected chi connectivity index (χ3v) is 22.4. The van der Waals surface area contributed by atoms with Gasteiger partial charge in [-0.1, -0.05) is 0 Å². The second-order valence-electron chi connectivity index (χ2n) is 5.39. The van der Waals surface area contributed by atoms with Gasteiger partial charge in [-0.25, -0.2) is 0 Å². The summed E-state index contributed by atoms with van der Waals surface area (Å²) in [6, 6.07) is 28.2. The van der Waals surface area contributed by atoms with E-state index in [2.05, 4.69) is 15.9 Å². The Morgan fingerprint density at radius 2 is 0.800 bits per heavy atom. The monoisotopic (exact) mass is 524 g/mol. The van der Waals surface area contributed by atoms with Crippen LogP contribution in [0.3, 0.4) is 0 Å². The molecule has 0 aliphatic rings. The number of hydrogen-bond donors (Lipinski definition) is 0. The third kappa shape index (κ3) is 2.55. The molecule has 25 heavy (non-hydrogen) atoms. The Morgan fingerprint density at radius 1 is 0.520 bits per heavy atom. The first-order valence-corrected chi connectivity index (χ1v) is 15.9. The first kappa shape index (κ1) is 17.0. The Kier molecular flexibility index (Phi) is 4.73. The standard InChI is InChI=1S/3C6H5.Bi.2N3/c3*1-2-4-6-5-3-1;;2*1-3-2/h3*1-5H;;;/q;;;+2;2*-1. The molecule has 0 amide bonds. The minimum absolute atomic E-state index is 0.779. The molecule has 6 nitrogen and oxygen atoms in total. The van der Waals surface area contributed by atoms with Crippen molar-refractivity contribution in [1.82, 2.24) is 0 Å². The summed E-state index contributed by atoms with van der Waals surface area (Å²) in [4.78, 5) is 6.37. The molecular weight excluding hydrogens is 509 g/mol. The van der Waals surface area contributed by atoms with E-state index in [0.717, 1.165) is 9.81 Å². The van der Waals surface area contributed by atoms with Crippen LogP contribution in [-0.4, -0.2) is 19.4 Å². The van der Waals surface area contributed by atoms with Crippen LogP contribution in [0.5, 0.6) is 0 Å². The maximum absolute atomic E-state index is 9.51. The van der Waals surface area contributed by atoms with Crippen LogP contribution in [-0.2, 0) is 0 Å². The summed E-state index contributed by atoms with van der Waals surface area (Å²) in [6.45, 7) is 0. The number of hydrogen-bond acceptors (Lipinski definition) is 2. The van der Waals surface area contributed by atoms with Crippen LogP contribution in [0.4, 0.5) is 0 Å². The summed E-state index contributed by atoms with van der Waals surface area (Å²) in [5.74, 6) is 0. The molecule has 3 aromatic rings. The van der Waals surface area contributed by atoms with Gasteiger partial charge in [-0.15, -0.1) is 0 Å². The van der Waals surface area contributed by atoms with Gasteiger partial charge in [-0.3, -0.25) is 0 Å². The van der Waals surface area contributed by atoms with E-state index in [0.29, 0.717) is 0 Å². The molecule has 3 rings (SSSR count). The van der Waals surface area contributed by atoms with Gasteiger partial charge in [0.05, 0.1) is 0 Å². The third-order valence-electron chi connectivity index (χ3n) is 4.16. The van der Waals surface area contributed by atoms with Gasteiger partial charge in [0.15, 0.2) is 0 Å². The Labute approximate surface area is 146 Å². The van der Waals surface area contributed by atoms with Gasteiger partial charge in [0.25, 0.3) is 0 Å². The molecule has 0 heterocycles. The van der Waals surface area contributed by atoms with Crippen LogP contribution in [0, 0.1) is 0 Å². The summed E-state index contributed by atoms with van der Waals surface area (Å²) in [6.07, 6.45) is 0. The van der Waals surface area contributed by atoms with Crippen molar-refractivity contribution in [2.45, 2.75) is 0 Å². The van der Waals surface area contributed by atoms with E-state index in [9.17, 15) is 11.1 Å². The van der Waals surface area contributed by atoms with Gasteiger partial charge in [0, 0.05) is 0 Å². The van der Waals surface area contributed by atoms with Crippen LogP contribution >= 0.6 is 0 Å². The number of benzene rings is 3. The maximum atomic E-state index is 9.51. The van der Waals surface area contributed by atoms with Crippen LogP contribution < -0.4 is 9.81 Å². The fourth-order valence-corrected chi connectivity index (χ4v) is 18.9. The van der Waals surface area contributed by atoms with Gasteiger partial charge in [-0.05, 0) is 0 Å². The van der Waals surface area contributed by atoms with E-state index in [1.54, 1.807) is 0 Å². The van der Waals surface area contributed by atoms with Gasteiger partial charge >= 0.3 is 147 Å². The molecule has 7 heteroatoms. The molecule has 0 spiro atoms. The fraction of sp³-hybridized carbons (Fsp3) is 0. The number of azide groups is 1. The molecule has 3 aromatic carbocycles. The summed E-state index contributed by atoms with van der Waals surface area (Å²) in [5, 5.41) is 0. The predicted molar refractivity (Wildman–Crippen MR) is 102 cm³/mol. The molecular formula is C18H15BiN6. The average Bonchev–Trinajstić information content (AvgIpc) is 2.70. The van der Waals surface area contributed by atoms with Crippen molar-refractivity contribution in [3.05, 3.63) is 112 Å². The second-order valence-corrected chi connectivity index (χ2v) is 20.8. The van der Waals surface area contributed by atoms with Gasteiger partial charge in [-0.2, -0.15) is 0 Å². The topological polar surface area (TPSA) is 97.5 Å². The molecule has 0 aliphatic carbocycles. The van der Waals surface area contributed by atoms with E-state index >= 15 is 0 Å². The van der Waals surface area contributed by atoms with E-state index < -0.39 is 19.4 Å². The zero-order chi connectivity index (χ0) is 17.6. The summed E-state index contributed by atoms with van der Waals surface area (Å²) < 4.78 is 11.1. The molecule has 0 aromatic heterocycles. The minimum atomic E-state index is -5.32. The van der Waals surface area contributed by atoms with Crippen LogP contribution in [0.1, 0.15) is 0 Å². The van der Waals surface area contributed by atoms with E-state index in [1.165, 1.54) is 0 Å². The molecule has 0 saturated heterocycles. The molecule has 0 atom stereocenters. The predicted octanol–water partition coefficient (Wildman–Crippen LogP) is 3.72. The van der Waals surface area contributed by atoms with Crippen LogP contribution in [0.2, 0.25) is 0 Å². The number of nitrogens with zero attached hydrogens (tertiary/aromatic N) is 6. The summed E-state index contributed by atoms with van der Waals surface area (Å²) in [7, 11) is 0. The Balaban J connectivity index is 2.63. The molecule has 0 bridgehead atoms. The van der Waals surface area contributed by atoms with E-state index in [-0.39, 0.29) is 0 Å². The van der Waals surface area contributed by atoms with E-state index in [1.807, 2.05) is 91.0 Å². The zero-order valence-corrected chi connectivity index (χ0v) is 16.8. The second kappa shape index (κ2) is 6.96. The molecule has 0 unspecified atom stereocenters. The normalized spacial score (nSPS) is 12.1. The van der Waals surface area contributed by atoms with Crippen molar-refractivity contribution in [2.24, 2.45) is 6.12 Å². The van der Waals surface area contributed by atoms with Gasteiger partial charge in [0.1, 0.15) is 0 Å². The Hall–Kier alpha value is -2.84. The fourth-order valence-electron chi connectivity index (χ4n) is 3.06. The first-order valence-electron chi connectivity index (χ1n) is 7.60. The molecule has 0 N–H and O–H groups in total. The van der Waals surface area contributed by atoms with E-state index in [4.69, 9.17) is 0 Å². The van der Waals surface area contributed by atoms with Crippen molar-refractivity contribution in [3.8, 4) is 0 Å². The Morgan fingerprint density at radius 3 is 1.04 bits per heavy atom. The molecule has 0 aliphatic heterocycles. The zero-order valence-electron chi connectivity index (χ0n) is 13.3. The molecule has 122 valence electrons. The van der Waals surface area contributed by atoms with Gasteiger partial charge < -0.3 is 0 Å². The van der Waals surface area contributed by atoms with Gasteiger partial charge in [0.2, 0.25) is 0 Å². The molecule has 0 radical (unpaired) electrons. The van der Waals surface area contributed by atoms with Crippen LogP contribution in [0.25, 0.3) is 20.9 Å². The molecule has 0 saturated carbocycles. The summed E-state index contributed by atoms with van der Waals surface area (Å²) >= 11 is -5.32. The molecule has 0 fully saturated rings. The number of rotatable bonds is 5. The Bertz CT molecular complexity index is 841. The average molecular weight is 524 g/mol. The quantitative estimate of drug-likeness (QED) is 0.211. The van der Waals surface area contributed by atoms with Crippen molar-refractivity contribution in [2.75, 3.05) is 0 Å². The van der Waals surface area contributed by atoms with Crippen molar-refractivity contribution >= 4 is 29.2 Å². The SMILES string of the molecule is [N-]=[N+]=[N][Bi]([N]=[N+]=[N-])([c]1ccccc1)([c]1ccccc1)[c]1ccccc1. The first-order chi connectivity index (χ1) is 12.3. The van der Waals surface area contributed by atoms with Crippen molar-refractivity contribution in [1.29, 1.82) is 0 Å².